The number of hydrogen-bond acceptors (Lipinski definition) is 5. The number of likely N-dealkylation sites (tertiary alicyclic amines) is 1. The molecule has 1 aromatic rings. The molecule has 176 valence electrons. The lowest BCUT2D eigenvalue weighted by Gasteiger charge is -2.25. The highest BCUT2D eigenvalue weighted by molar-refractivity contribution is 14.0. The maximum Gasteiger partial charge on any atom is 0.191 e. The summed E-state index contributed by atoms with van der Waals surface area (Å²) in [6.07, 6.45) is 4.89. The van der Waals surface area contributed by atoms with Gasteiger partial charge in [0.2, 0.25) is 0 Å². The summed E-state index contributed by atoms with van der Waals surface area (Å²) in [6, 6.07) is 6.89. The van der Waals surface area contributed by atoms with E-state index in [4.69, 9.17) is 14.2 Å². The zero-order valence-electron chi connectivity index (χ0n) is 19.2. The summed E-state index contributed by atoms with van der Waals surface area (Å²) in [6.45, 7) is 8.03. The predicted octanol–water partition coefficient (Wildman–Crippen LogP) is 2.95. The van der Waals surface area contributed by atoms with Crippen LogP contribution in [0.15, 0.2) is 23.2 Å². The summed E-state index contributed by atoms with van der Waals surface area (Å²) >= 11 is 0. The first-order valence-corrected chi connectivity index (χ1v) is 11.2. The van der Waals surface area contributed by atoms with Gasteiger partial charge in [0.1, 0.15) is 12.4 Å². The Bertz CT molecular complexity index is 683. The van der Waals surface area contributed by atoms with Crippen molar-refractivity contribution in [3.05, 3.63) is 29.3 Å². The number of halogens is 1. The molecule has 0 aromatic heterocycles. The fourth-order valence-corrected chi connectivity index (χ4v) is 4.14. The number of aliphatic imine (C=N–C) groups is 1. The van der Waals surface area contributed by atoms with E-state index in [9.17, 15) is 0 Å². The fourth-order valence-electron chi connectivity index (χ4n) is 4.14. The van der Waals surface area contributed by atoms with Gasteiger partial charge >= 0.3 is 0 Å². The van der Waals surface area contributed by atoms with Gasteiger partial charge in [-0.15, -0.1) is 24.0 Å². The summed E-state index contributed by atoms with van der Waals surface area (Å²) in [7, 11) is 3.58. The molecule has 8 heteroatoms. The van der Waals surface area contributed by atoms with Crippen molar-refractivity contribution < 1.29 is 14.2 Å². The summed E-state index contributed by atoms with van der Waals surface area (Å²) < 4.78 is 17.0. The Morgan fingerprint density at radius 1 is 1.26 bits per heavy atom. The Balaban J connectivity index is 0.00000341. The molecule has 0 aliphatic carbocycles. The van der Waals surface area contributed by atoms with Gasteiger partial charge < -0.3 is 24.8 Å². The second-order valence-corrected chi connectivity index (χ2v) is 8.19. The molecule has 7 nitrogen and oxygen atoms in total. The van der Waals surface area contributed by atoms with Crippen LogP contribution in [0.2, 0.25) is 0 Å². The number of aryl methyl sites for hydroxylation is 1. The van der Waals surface area contributed by atoms with Crippen LogP contribution in [0.1, 0.15) is 36.8 Å². The predicted molar refractivity (Wildman–Crippen MR) is 136 cm³/mol. The Kier molecular flexibility index (Phi) is 11.9. The van der Waals surface area contributed by atoms with Crippen LogP contribution in [0, 0.1) is 6.92 Å². The summed E-state index contributed by atoms with van der Waals surface area (Å²) in [5.41, 5.74) is 2.32. The third-order valence-electron chi connectivity index (χ3n) is 5.93. The molecule has 2 atom stereocenters. The standard InChI is InChI=1S/C23H38N4O3.HI/c1-18-8-9-19(22(14-18)30-17-21-7-5-12-29-21)15-25-23(24-2)26-16-20-6-4-10-27(20)11-13-28-3;/h8-9,14,20-21H,4-7,10-13,15-17H2,1-3H3,(H2,24,25,26);1H. The summed E-state index contributed by atoms with van der Waals surface area (Å²) in [4.78, 5) is 6.90. The zero-order valence-corrected chi connectivity index (χ0v) is 21.5. The number of nitrogens with zero attached hydrogens (tertiary/aromatic N) is 2. The summed E-state index contributed by atoms with van der Waals surface area (Å²) in [5.74, 6) is 1.74. The minimum absolute atomic E-state index is 0. The lowest BCUT2D eigenvalue weighted by atomic mass is 10.1. The molecule has 0 saturated carbocycles. The molecule has 0 radical (unpaired) electrons. The average molecular weight is 546 g/mol. The molecule has 2 heterocycles. The van der Waals surface area contributed by atoms with Crippen LogP contribution in [0.5, 0.6) is 5.75 Å². The SMILES string of the molecule is CN=C(NCc1ccc(C)cc1OCC1CCCO1)NCC1CCCN1CCOC.I. The minimum Gasteiger partial charge on any atom is -0.491 e. The second kappa shape index (κ2) is 14.1. The van der Waals surface area contributed by atoms with Gasteiger partial charge in [-0.2, -0.15) is 0 Å². The smallest absolute Gasteiger partial charge is 0.191 e. The quantitative estimate of drug-likeness (QED) is 0.267. The summed E-state index contributed by atoms with van der Waals surface area (Å²) in [5, 5.41) is 6.93. The van der Waals surface area contributed by atoms with Crippen molar-refractivity contribution in [2.75, 3.05) is 53.6 Å². The Hall–Kier alpha value is -1.10. The van der Waals surface area contributed by atoms with Crippen LogP contribution in [0.3, 0.4) is 0 Å². The molecule has 0 amide bonds. The van der Waals surface area contributed by atoms with E-state index >= 15 is 0 Å². The Morgan fingerprint density at radius 3 is 2.87 bits per heavy atom. The highest BCUT2D eigenvalue weighted by atomic mass is 127. The van der Waals surface area contributed by atoms with Crippen LogP contribution in [0.4, 0.5) is 0 Å². The number of hydrogen-bond donors (Lipinski definition) is 2. The maximum absolute atomic E-state index is 6.12. The number of ether oxygens (including phenoxy) is 3. The maximum atomic E-state index is 6.12. The molecule has 2 aliphatic heterocycles. The monoisotopic (exact) mass is 546 g/mol. The molecule has 2 N–H and O–H groups in total. The van der Waals surface area contributed by atoms with E-state index in [2.05, 4.69) is 45.6 Å². The first kappa shape index (κ1) is 26.2. The number of methoxy groups -OCH3 is 1. The molecular formula is C23H39IN4O3. The molecule has 2 saturated heterocycles. The van der Waals surface area contributed by atoms with E-state index in [0.29, 0.717) is 19.2 Å². The van der Waals surface area contributed by atoms with E-state index in [1.54, 1.807) is 7.11 Å². The van der Waals surface area contributed by atoms with Crippen molar-refractivity contribution in [2.24, 2.45) is 4.99 Å². The van der Waals surface area contributed by atoms with Crippen LogP contribution < -0.4 is 15.4 Å². The van der Waals surface area contributed by atoms with E-state index < -0.39 is 0 Å². The van der Waals surface area contributed by atoms with E-state index in [0.717, 1.165) is 63.0 Å². The Labute approximate surface area is 204 Å². The van der Waals surface area contributed by atoms with Gasteiger partial charge in [-0.25, -0.2) is 0 Å². The molecule has 1 aromatic carbocycles. The zero-order chi connectivity index (χ0) is 21.2. The first-order valence-electron chi connectivity index (χ1n) is 11.2. The lowest BCUT2D eigenvalue weighted by Crippen LogP contribution is -2.45. The molecule has 3 rings (SSSR count). The van der Waals surface area contributed by atoms with Crippen molar-refractivity contribution in [3.63, 3.8) is 0 Å². The molecule has 0 bridgehead atoms. The average Bonchev–Trinajstić information content (AvgIpc) is 3.43. The van der Waals surface area contributed by atoms with Gasteiger partial charge in [0.25, 0.3) is 0 Å². The van der Waals surface area contributed by atoms with Crippen LogP contribution in [-0.2, 0) is 16.0 Å². The van der Waals surface area contributed by atoms with Gasteiger partial charge in [0.05, 0.1) is 12.7 Å². The number of rotatable bonds is 10. The van der Waals surface area contributed by atoms with Crippen molar-refractivity contribution >= 4 is 29.9 Å². The van der Waals surface area contributed by atoms with Crippen LogP contribution in [-0.4, -0.2) is 76.6 Å². The van der Waals surface area contributed by atoms with Gasteiger partial charge in [-0.1, -0.05) is 12.1 Å². The number of benzene rings is 1. The minimum atomic E-state index is 0. The van der Waals surface area contributed by atoms with E-state index in [1.165, 1.54) is 18.4 Å². The van der Waals surface area contributed by atoms with E-state index in [1.807, 2.05) is 7.05 Å². The van der Waals surface area contributed by atoms with Crippen molar-refractivity contribution in [3.8, 4) is 5.75 Å². The van der Waals surface area contributed by atoms with E-state index in [-0.39, 0.29) is 30.1 Å². The Morgan fingerprint density at radius 2 is 2.13 bits per heavy atom. The largest absolute Gasteiger partial charge is 0.491 e. The highest BCUT2D eigenvalue weighted by Crippen LogP contribution is 2.22. The van der Waals surface area contributed by atoms with Crippen molar-refractivity contribution in [1.29, 1.82) is 0 Å². The molecule has 2 fully saturated rings. The molecule has 0 spiro atoms. The lowest BCUT2D eigenvalue weighted by molar-refractivity contribution is 0.0676. The molecule has 2 aliphatic rings. The van der Waals surface area contributed by atoms with Crippen molar-refractivity contribution in [1.82, 2.24) is 15.5 Å². The molecule has 31 heavy (non-hydrogen) atoms. The van der Waals surface area contributed by atoms with Gasteiger partial charge in [0, 0.05) is 52.0 Å². The topological polar surface area (TPSA) is 67.4 Å². The normalized spacial score (nSPS) is 21.7. The fraction of sp³-hybridized carbons (Fsp3) is 0.696. The molecular weight excluding hydrogens is 507 g/mol. The van der Waals surface area contributed by atoms with Gasteiger partial charge in [-0.05, 0) is 50.8 Å². The van der Waals surface area contributed by atoms with Gasteiger partial charge in [0.15, 0.2) is 5.96 Å². The van der Waals surface area contributed by atoms with Crippen LogP contribution >= 0.6 is 24.0 Å². The van der Waals surface area contributed by atoms with Gasteiger partial charge in [-0.3, -0.25) is 9.89 Å². The molecule has 2 unspecified atom stereocenters. The second-order valence-electron chi connectivity index (χ2n) is 8.19. The number of nitrogens with one attached hydrogen (secondary N) is 2. The van der Waals surface area contributed by atoms with Crippen molar-refractivity contribution in [2.45, 2.75) is 51.3 Å². The van der Waals surface area contributed by atoms with Crippen LogP contribution in [0.25, 0.3) is 0 Å². The first-order chi connectivity index (χ1) is 14.7. The number of guanidine groups is 1. The highest BCUT2D eigenvalue weighted by Gasteiger charge is 2.24. The third kappa shape index (κ3) is 8.40. The third-order valence-corrected chi connectivity index (χ3v) is 5.93.